The smallest absolute Gasteiger partial charge is 0.265 e. The second-order valence-corrected chi connectivity index (χ2v) is 5.67. The SMILES string of the molecule is Cc1ccc(CC(=O)Nc2ccc3c(c2)NC(=O)C(C)O3)cc1. The summed E-state index contributed by atoms with van der Waals surface area (Å²) < 4.78 is 5.49. The van der Waals surface area contributed by atoms with Crippen molar-refractivity contribution in [2.45, 2.75) is 26.4 Å². The molecule has 0 spiro atoms. The van der Waals surface area contributed by atoms with Crippen molar-refractivity contribution in [3.8, 4) is 5.75 Å². The van der Waals surface area contributed by atoms with Gasteiger partial charge in [-0.25, -0.2) is 0 Å². The van der Waals surface area contributed by atoms with Gasteiger partial charge in [0, 0.05) is 5.69 Å². The zero-order valence-corrected chi connectivity index (χ0v) is 13.1. The number of fused-ring (bicyclic) bond motifs is 1. The number of aryl methyl sites for hydroxylation is 1. The van der Waals surface area contributed by atoms with E-state index in [1.54, 1.807) is 25.1 Å². The summed E-state index contributed by atoms with van der Waals surface area (Å²) in [6, 6.07) is 13.1. The third kappa shape index (κ3) is 3.51. The molecule has 23 heavy (non-hydrogen) atoms. The molecule has 0 saturated carbocycles. The maximum atomic E-state index is 12.1. The quantitative estimate of drug-likeness (QED) is 0.916. The van der Waals surface area contributed by atoms with Gasteiger partial charge >= 0.3 is 0 Å². The Morgan fingerprint density at radius 1 is 1.22 bits per heavy atom. The van der Waals surface area contributed by atoms with Gasteiger partial charge in [-0.1, -0.05) is 29.8 Å². The Kier molecular flexibility index (Phi) is 4.02. The summed E-state index contributed by atoms with van der Waals surface area (Å²) in [5, 5.41) is 5.60. The molecular formula is C18H18N2O3. The molecule has 1 aliphatic heterocycles. The van der Waals surface area contributed by atoms with Crippen LogP contribution >= 0.6 is 0 Å². The predicted molar refractivity (Wildman–Crippen MR) is 88.7 cm³/mol. The topological polar surface area (TPSA) is 67.4 Å². The van der Waals surface area contributed by atoms with Crippen LogP contribution in [0.2, 0.25) is 0 Å². The first-order chi connectivity index (χ1) is 11.0. The normalized spacial score (nSPS) is 16.1. The molecular weight excluding hydrogens is 292 g/mol. The van der Waals surface area contributed by atoms with Gasteiger partial charge in [-0.05, 0) is 37.6 Å². The highest BCUT2D eigenvalue weighted by Gasteiger charge is 2.23. The average Bonchev–Trinajstić information content (AvgIpc) is 2.51. The van der Waals surface area contributed by atoms with Gasteiger partial charge in [-0.2, -0.15) is 0 Å². The molecule has 2 aromatic rings. The first kappa shape index (κ1) is 15.1. The van der Waals surface area contributed by atoms with Crippen molar-refractivity contribution in [1.29, 1.82) is 0 Å². The van der Waals surface area contributed by atoms with E-state index in [4.69, 9.17) is 4.74 Å². The highest BCUT2D eigenvalue weighted by molar-refractivity contribution is 5.99. The maximum absolute atomic E-state index is 12.1. The van der Waals surface area contributed by atoms with Crippen LogP contribution in [0, 0.1) is 6.92 Å². The van der Waals surface area contributed by atoms with E-state index in [-0.39, 0.29) is 11.8 Å². The molecule has 0 aliphatic carbocycles. The summed E-state index contributed by atoms with van der Waals surface area (Å²) >= 11 is 0. The minimum absolute atomic E-state index is 0.106. The third-order valence-electron chi connectivity index (χ3n) is 3.68. The Balaban J connectivity index is 1.68. The van der Waals surface area contributed by atoms with E-state index in [2.05, 4.69) is 10.6 Å². The zero-order chi connectivity index (χ0) is 16.4. The van der Waals surface area contributed by atoms with Crippen LogP contribution in [-0.2, 0) is 16.0 Å². The summed E-state index contributed by atoms with van der Waals surface area (Å²) in [6.07, 6.45) is -0.207. The van der Waals surface area contributed by atoms with Crippen molar-refractivity contribution < 1.29 is 14.3 Å². The second kappa shape index (κ2) is 6.12. The van der Waals surface area contributed by atoms with E-state index in [1.807, 2.05) is 31.2 Å². The van der Waals surface area contributed by atoms with Gasteiger partial charge in [-0.15, -0.1) is 0 Å². The van der Waals surface area contributed by atoms with Crippen molar-refractivity contribution in [2.75, 3.05) is 10.6 Å². The van der Waals surface area contributed by atoms with E-state index in [1.165, 1.54) is 0 Å². The molecule has 2 aromatic carbocycles. The molecule has 1 heterocycles. The fourth-order valence-electron chi connectivity index (χ4n) is 2.38. The number of carbonyl (C=O) groups excluding carboxylic acids is 2. The summed E-state index contributed by atoms with van der Waals surface area (Å²) in [5.74, 6) is 0.305. The predicted octanol–water partition coefficient (Wildman–Crippen LogP) is 2.90. The van der Waals surface area contributed by atoms with Gasteiger partial charge in [0.25, 0.3) is 5.91 Å². The van der Waals surface area contributed by atoms with Gasteiger partial charge in [0.2, 0.25) is 5.91 Å². The summed E-state index contributed by atoms with van der Waals surface area (Å²) in [4.78, 5) is 23.8. The molecule has 5 heteroatoms. The van der Waals surface area contributed by atoms with Crippen molar-refractivity contribution in [2.24, 2.45) is 0 Å². The fourth-order valence-corrected chi connectivity index (χ4v) is 2.38. The second-order valence-electron chi connectivity index (χ2n) is 5.67. The van der Waals surface area contributed by atoms with Crippen LogP contribution in [-0.4, -0.2) is 17.9 Å². The van der Waals surface area contributed by atoms with E-state index in [0.29, 0.717) is 23.5 Å². The molecule has 0 aromatic heterocycles. The maximum Gasteiger partial charge on any atom is 0.265 e. The molecule has 1 aliphatic rings. The molecule has 0 radical (unpaired) electrons. The van der Waals surface area contributed by atoms with E-state index in [9.17, 15) is 9.59 Å². The van der Waals surface area contributed by atoms with Gasteiger partial charge < -0.3 is 15.4 Å². The van der Waals surface area contributed by atoms with Gasteiger partial charge in [-0.3, -0.25) is 9.59 Å². The Hall–Kier alpha value is -2.82. The van der Waals surface area contributed by atoms with Crippen LogP contribution in [0.4, 0.5) is 11.4 Å². The van der Waals surface area contributed by atoms with E-state index in [0.717, 1.165) is 11.1 Å². The average molecular weight is 310 g/mol. The first-order valence-corrected chi connectivity index (χ1v) is 7.48. The molecule has 2 amide bonds. The lowest BCUT2D eigenvalue weighted by molar-refractivity contribution is -0.122. The summed E-state index contributed by atoms with van der Waals surface area (Å²) in [6.45, 7) is 3.70. The Labute approximate surface area is 134 Å². The standard InChI is InChI=1S/C18H18N2O3/c1-11-3-5-13(6-4-11)9-17(21)19-14-7-8-16-15(10-14)20-18(22)12(2)23-16/h3-8,10,12H,9H2,1-2H3,(H,19,21)(H,20,22). The number of amides is 2. The monoisotopic (exact) mass is 310 g/mol. The minimum Gasteiger partial charge on any atom is -0.479 e. The highest BCUT2D eigenvalue weighted by atomic mass is 16.5. The van der Waals surface area contributed by atoms with Gasteiger partial charge in [0.15, 0.2) is 6.10 Å². The number of hydrogen-bond acceptors (Lipinski definition) is 3. The van der Waals surface area contributed by atoms with Crippen molar-refractivity contribution in [3.63, 3.8) is 0 Å². The number of carbonyl (C=O) groups is 2. The lowest BCUT2D eigenvalue weighted by atomic mass is 10.1. The molecule has 3 rings (SSSR count). The number of nitrogens with one attached hydrogen (secondary N) is 2. The number of anilines is 2. The molecule has 0 saturated heterocycles. The number of rotatable bonds is 3. The number of hydrogen-bond donors (Lipinski definition) is 2. The lowest BCUT2D eigenvalue weighted by Crippen LogP contribution is -2.34. The molecule has 118 valence electrons. The highest BCUT2D eigenvalue weighted by Crippen LogP contribution is 2.32. The number of benzene rings is 2. The molecule has 5 nitrogen and oxygen atoms in total. The van der Waals surface area contributed by atoms with E-state index < -0.39 is 6.10 Å². The summed E-state index contributed by atoms with van der Waals surface area (Å²) in [5.41, 5.74) is 3.31. The fraction of sp³-hybridized carbons (Fsp3) is 0.222. The largest absolute Gasteiger partial charge is 0.479 e. The van der Waals surface area contributed by atoms with Crippen LogP contribution < -0.4 is 15.4 Å². The van der Waals surface area contributed by atoms with Crippen molar-refractivity contribution in [3.05, 3.63) is 53.6 Å². The number of ether oxygens (including phenoxy) is 1. The molecule has 1 atom stereocenters. The van der Waals surface area contributed by atoms with Gasteiger partial charge in [0.1, 0.15) is 5.75 Å². The van der Waals surface area contributed by atoms with Crippen LogP contribution in [0.5, 0.6) is 5.75 Å². The van der Waals surface area contributed by atoms with Crippen molar-refractivity contribution in [1.82, 2.24) is 0 Å². The Morgan fingerprint density at radius 3 is 2.70 bits per heavy atom. The molecule has 0 bridgehead atoms. The zero-order valence-electron chi connectivity index (χ0n) is 13.1. The van der Waals surface area contributed by atoms with E-state index >= 15 is 0 Å². The first-order valence-electron chi connectivity index (χ1n) is 7.48. The van der Waals surface area contributed by atoms with Crippen LogP contribution in [0.1, 0.15) is 18.1 Å². The van der Waals surface area contributed by atoms with Gasteiger partial charge in [0.05, 0.1) is 12.1 Å². The lowest BCUT2D eigenvalue weighted by Gasteiger charge is -2.23. The van der Waals surface area contributed by atoms with Crippen LogP contribution in [0.15, 0.2) is 42.5 Å². The van der Waals surface area contributed by atoms with Crippen LogP contribution in [0.3, 0.4) is 0 Å². The minimum atomic E-state index is -0.510. The molecule has 0 fully saturated rings. The Bertz CT molecular complexity index is 753. The Morgan fingerprint density at radius 2 is 1.96 bits per heavy atom. The third-order valence-corrected chi connectivity index (χ3v) is 3.68. The van der Waals surface area contributed by atoms with Crippen LogP contribution in [0.25, 0.3) is 0 Å². The molecule has 2 N–H and O–H groups in total. The summed E-state index contributed by atoms with van der Waals surface area (Å²) in [7, 11) is 0. The van der Waals surface area contributed by atoms with Crippen molar-refractivity contribution >= 4 is 23.2 Å². The molecule has 1 unspecified atom stereocenters.